The Labute approximate surface area is 171 Å². The van der Waals surface area contributed by atoms with Crippen LogP contribution < -0.4 is 0 Å². The molecular formula is C26H25FN2. The number of halogens is 1. The number of nitrogens with zero attached hydrogens (tertiary/aromatic N) is 2. The van der Waals surface area contributed by atoms with Crippen molar-refractivity contribution in [2.24, 2.45) is 4.99 Å². The van der Waals surface area contributed by atoms with Crippen LogP contribution in [0.1, 0.15) is 36.5 Å². The zero-order valence-electron chi connectivity index (χ0n) is 16.7. The van der Waals surface area contributed by atoms with E-state index in [1.807, 2.05) is 18.5 Å². The first-order valence-electron chi connectivity index (χ1n) is 10.2. The van der Waals surface area contributed by atoms with Gasteiger partial charge in [-0.2, -0.15) is 0 Å². The summed E-state index contributed by atoms with van der Waals surface area (Å²) in [6.07, 6.45) is 7.52. The lowest BCUT2D eigenvalue weighted by Crippen LogP contribution is -1.98. The first-order chi connectivity index (χ1) is 14.2. The summed E-state index contributed by atoms with van der Waals surface area (Å²) >= 11 is 0. The molecule has 3 heteroatoms. The van der Waals surface area contributed by atoms with Crippen LogP contribution >= 0.6 is 0 Å². The number of aryl methyl sites for hydroxylation is 1. The molecule has 29 heavy (non-hydrogen) atoms. The molecular weight excluding hydrogens is 359 g/mol. The normalized spacial score (nSPS) is 11.5. The molecule has 0 fully saturated rings. The molecule has 0 unspecified atom stereocenters. The van der Waals surface area contributed by atoms with Gasteiger partial charge in [-0.25, -0.2) is 4.39 Å². The SMILES string of the molecule is CCCCc1ccc(N=Cc2ccc3c(ccn3Cc3cccc(F)c3)c2)cc1. The van der Waals surface area contributed by atoms with Gasteiger partial charge < -0.3 is 4.57 Å². The fraction of sp³-hybridized carbons (Fsp3) is 0.192. The molecule has 3 aromatic carbocycles. The van der Waals surface area contributed by atoms with E-state index in [-0.39, 0.29) is 5.82 Å². The summed E-state index contributed by atoms with van der Waals surface area (Å²) < 4.78 is 15.6. The maximum absolute atomic E-state index is 13.4. The molecule has 0 saturated carbocycles. The molecule has 4 rings (SSSR count). The average molecular weight is 384 g/mol. The lowest BCUT2D eigenvalue weighted by atomic mass is 10.1. The Hall–Kier alpha value is -3.20. The Morgan fingerprint density at radius 3 is 2.59 bits per heavy atom. The Morgan fingerprint density at radius 2 is 1.79 bits per heavy atom. The van der Waals surface area contributed by atoms with Gasteiger partial charge in [-0.1, -0.05) is 43.7 Å². The third-order valence-electron chi connectivity index (χ3n) is 5.16. The molecule has 0 spiro atoms. The molecule has 146 valence electrons. The minimum Gasteiger partial charge on any atom is -0.343 e. The topological polar surface area (TPSA) is 17.3 Å². The fourth-order valence-corrected chi connectivity index (χ4v) is 3.55. The van der Waals surface area contributed by atoms with Crippen LogP contribution in [-0.4, -0.2) is 10.8 Å². The summed E-state index contributed by atoms with van der Waals surface area (Å²) in [7, 11) is 0. The van der Waals surface area contributed by atoms with Crippen LogP contribution in [0.25, 0.3) is 10.9 Å². The Kier molecular flexibility index (Phi) is 5.85. The van der Waals surface area contributed by atoms with Crippen molar-refractivity contribution >= 4 is 22.8 Å². The summed E-state index contributed by atoms with van der Waals surface area (Å²) in [6, 6.07) is 23.6. The van der Waals surface area contributed by atoms with E-state index in [9.17, 15) is 4.39 Å². The van der Waals surface area contributed by atoms with Crippen LogP contribution in [0.2, 0.25) is 0 Å². The van der Waals surface area contributed by atoms with Gasteiger partial charge in [0.25, 0.3) is 0 Å². The van der Waals surface area contributed by atoms with Crippen molar-refractivity contribution in [3.05, 3.63) is 102 Å². The zero-order valence-corrected chi connectivity index (χ0v) is 16.7. The summed E-state index contributed by atoms with van der Waals surface area (Å²) in [6.45, 7) is 2.87. The molecule has 1 heterocycles. The summed E-state index contributed by atoms with van der Waals surface area (Å²) in [5.74, 6) is -0.198. The first kappa shape index (κ1) is 19.1. The van der Waals surface area contributed by atoms with Crippen molar-refractivity contribution in [1.29, 1.82) is 0 Å². The number of hydrogen-bond acceptors (Lipinski definition) is 1. The minimum atomic E-state index is -0.198. The number of aromatic nitrogens is 1. The molecule has 0 saturated heterocycles. The zero-order chi connectivity index (χ0) is 20.1. The lowest BCUT2D eigenvalue weighted by molar-refractivity contribution is 0.624. The van der Waals surface area contributed by atoms with Gasteiger partial charge in [0.1, 0.15) is 5.82 Å². The van der Waals surface area contributed by atoms with Crippen molar-refractivity contribution in [3.63, 3.8) is 0 Å². The number of hydrogen-bond donors (Lipinski definition) is 0. The predicted octanol–water partition coefficient (Wildman–Crippen LogP) is 6.92. The molecule has 2 nitrogen and oxygen atoms in total. The highest BCUT2D eigenvalue weighted by atomic mass is 19.1. The highest BCUT2D eigenvalue weighted by Gasteiger charge is 2.04. The molecule has 0 bridgehead atoms. The summed E-state index contributed by atoms with van der Waals surface area (Å²) in [4.78, 5) is 4.62. The molecule has 0 aliphatic heterocycles. The van der Waals surface area contributed by atoms with Gasteiger partial charge in [0, 0.05) is 29.9 Å². The molecule has 0 N–H and O–H groups in total. The molecule has 1 aromatic heterocycles. The van der Waals surface area contributed by atoms with Crippen LogP contribution in [0.3, 0.4) is 0 Å². The largest absolute Gasteiger partial charge is 0.343 e. The van der Waals surface area contributed by atoms with Gasteiger partial charge in [-0.05, 0) is 72.0 Å². The standard InChI is InChI=1S/C26H25FN2/c1-2-3-5-20-8-11-25(12-9-20)28-18-21-10-13-26-23(16-21)14-15-29(26)19-22-6-4-7-24(27)17-22/h4,6-18H,2-3,5,19H2,1H3. The van der Waals surface area contributed by atoms with E-state index in [1.165, 1.54) is 24.5 Å². The van der Waals surface area contributed by atoms with E-state index in [0.717, 1.165) is 34.1 Å². The van der Waals surface area contributed by atoms with Gasteiger partial charge >= 0.3 is 0 Å². The van der Waals surface area contributed by atoms with Gasteiger partial charge in [0.2, 0.25) is 0 Å². The highest BCUT2D eigenvalue weighted by Crippen LogP contribution is 2.20. The average Bonchev–Trinajstić information content (AvgIpc) is 3.13. The molecule has 0 atom stereocenters. The second-order valence-electron chi connectivity index (χ2n) is 7.42. The Balaban J connectivity index is 1.48. The van der Waals surface area contributed by atoms with Crippen LogP contribution in [0.5, 0.6) is 0 Å². The van der Waals surface area contributed by atoms with E-state index >= 15 is 0 Å². The van der Waals surface area contributed by atoms with Crippen LogP contribution in [0, 0.1) is 5.82 Å². The monoisotopic (exact) mass is 384 g/mol. The smallest absolute Gasteiger partial charge is 0.123 e. The van der Waals surface area contributed by atoms with E-state index in [2.05, 4.69) is 65.0 Å². The number of fused-ring (bicyclic) bond motifs is 1. The first-order valence-corrected chi connectivity index (χ1v) is 10.2. The number of benzene rings is 3. The maximum Gasteiger partial charge on any atom is 0.123 e. The third-order valence-corrected chi connectivity index (χ3v) is 5.16. The highest BCUT2D eigenvalue weighted by molar-refractivity contribution is 5.90. The van der Waals surface area contributed by atoms with E-state index in [0.29, 0.717) is 6.54 Å². The van der Waals surface area contributed by atoms with Gasteiger partial charge in [-0.3, -0.25) is 4.99 Å². The number of unbranched alkanes of at least 4 members (excludes halogenated alkanes) is 1. The molecule has 0 radical (unpaired) electrons. The molecule has 0 aliphatic carbocycles. The van der Waals surface area contributed by atoms with Crippen molar-refractivity contribution < 1.29 is 4.39 Å². The molecule has 0 aliphatic rings. The summed E-state index contributed by atoms with van der Waals surface area (Å²) in [5.41, 5.74) is 5.49. The van der Waals surface area contributed by atoms with Crippen LogP contribution in [0.15, 0.2) is 84.0 Å². The Morgan fingerprint density at radius 1 is 0.931 bits per heavy atom. The van der Waals surface area contributed by atoms with Crippen LogP contribution in [0.4, 0.5) is 10.1 Å². The van der Waals surface area contributed by atoms with E-state index < -0.39 is 0 Å². The molecule has 4 aromatic rings. The second kappa shape index (κ2) is 8.87. The van der Waals surface area contributed by atoms with Crippen LogP contribution in [-0.2, 0) is 13.0 Å². The van der Waals surface area contributed by atoms with Gasteiger partial charge in [0.05, 0.1) is 5.69 Å². The van der Waals surface area contributed by atoms with Gasteiger partial charge in [0.15, 0.2) is 0 Å². The fourth-order valence-electron chi connectivity index (χ4n) is 3.55. The quantitative estimate of drug-likeness (QED) is 0.308. The Bertz CT molecular complexity index is 1120. The van der Waals surface area contributed by atoms with Crippen molar-refractivity contribution in [2.45, 2.75) is 32.7 Å². The minimum absolute atomic E-state index is 0.198. The predicted molar refractivity (Wildman–Crippen MR) is 120 cm³/mol. The summed E-state index contributed by atoms with van der Waals surface area (Å²) in [5, 5.41) is 1.15. The second-order valence-corrected chi connectivity index (χ2v) is 7.42. The number of aliphatic imine (C=N–C) groups is 1. The lowest BCUT2D eigenvalue weighted by Gasteiger charge is -2.06. The maximum atomic E-state index is 13.4. The number of rotatable bonds is 7. The van der Waals surface area contributed by atoms with E-state index in [1.54, 1.807) is 12.1 Å². The van der Waals surface area contributed by atoms with Crippen molar-refractivity contribution in [2.75, 3.05) is 0 Å². The van der Waals surface area contributed by atoms with Crippen molar-refractivity contribution in [3.8, 4) is 0 Å². The van der Waals surface area contributed by atoms with Gasteiger partial charge in [-0.15, -0.1) is 0 Å². The van der Waals surface area contributed by atoms with E-state index in [4.69, 9.17) is 0 Å². The van der Waals surface area contributed by atoms with Crippen molar-refractivity contribution in [1.82, 2.24) is 4.57 Å². The molecule has 0 amide bonds. The third kappa shape index (κ3) is 4.80.